The van der Waals surface area contributed by atoms with E-state index in [0.717, 1.165) is 16.8 Å². The van der Waals surface area contributed by atoms with E-state index < -0.39 is 0 Å². The zero-order chi connectivity index (χ0) is 21.4. The summed E-state index contributed by atoms with van der Waals surface area (Å²) in [7, 11) is 1.89. The smallest absolute Gasteiger partial charge is 0.163 e. The zero-order valence-electron chi connectivity index (χ0n) is 16.9. The molecule has 0 aliphatic rings. The Morgan fingerprint density at radius 3 is 2.34 bits per heavy atom. The van der Waals surface area contributed by atoms with Crippen LogP contribution in [0.1, 0.15) is 0 Å². The molecule has 32 heavy (non-hydrogen) atoms. The second kappa shape index (κ2) is 8.60. The van der Waals surface area contributed by atoms with Crippen LogP contribution < -0.4 is 0 Å². The lowest BCUT2D eigenvalue weighted by Crippen LogP contribution is -1.96. The molecule has 0 amide bonds. The summed E-state index contributed by atoms with van der Waals surface area (Å²) in [4.78, 5) is 8.92. The van der Waals surface area contributed by atoms with Gasteiger partial charge in [-0.25, -0.2) is 14.1 Å². The first-order valence-electron chi connectivity index (χ1n) is 9.56. The number of phenols is 1. The van der Waals surface area contributed by atoms with Crippen molar-refractivity contribution in [3.8, 4) is 45.5 Å². The van der Waals surface area contributed by atoms with Crippen LogP contribution in [0.25, 0.3) is 39.7 Å². The van der Waals surface area contributed by atoms with Gasteiger partial charge in [0.1, 0.15) is 22.9 Å². The van der Waals surface area contributed by atoms with Gasteiger partial charge in [-0.1, -0.05) is 17.3 Å². The lowest BCUT2D eigenvalue weighted by Gasteiger charge is -2.07. The molecule has 3 aromatic heterocycles. The van der Waals surface area contributed by atoms with E-state index in [1.165, 1.54) is 16.8 Å². The number of nitrogens with zero attached hydrogens (tertiary/aromatic N) is 6. The first-order valence-corrected chi connectivity index (χ1v) is 9.56. The Balaban J connectivity index is 0.00000245. The van der Waals surface area contributed by atoms with E-state index in [1.54, 1.807) is 48.9 Å². The minimum atomic E-state index is -0.309. The van der Waals surface area contributed by atoms with Crippen molar-refractivity contribution in [2.75, 3.05) is 0 Å². The number of phenolic OH excluding ortho intramolecular Hbond substituents is 1. The van der Waals surface area contributed by atoms with Crippen molar-refractivity contribution >= 4 is 12.4 Å². The SMILES string of the molecule is Cl.Cn1c(-c2cn(-c3ccccc3O)nn2)nc(-c2ccc(F)cc2)c1-c1ccncc1. The number of halogens is 2. The van der Waals surface area contributed by atoms with Gasteiger partial charge in [0.25, 0.3) is 0 Å². The number of para-hydroxylation sites is 2. The van der Waals surface area contributed by atoms with Crippen LogP contribution in [0.3, 0.4) is 0 Å². The lowest BCUT2D eigenvalue weighted by atomic mass is 10.1. The minimum absolute atomic E-state index is 0. The van der Waals surface area contributed by atoms with Crippen molar-refractivity contribution in [2.24, 2.45) is 7.05 Å². The molecule has 9 heteroatoms. The molecule has 2 aromatic carbocycles. The molecule has 0 fully saturated rings. The largest absolute Gasteiger partial charge is 0.506 e. The molecule has 7 nitrogen and oxygen atoms in total. The molecule has 0 unspecified atom stereocenters. The molecule has 160 valence electrons. The van der Waals surface area contributed by atoms with E-state index in [1.807, 2.05) is 29.8 Å². The summed E-state index contributed by atoms with van der Waals surface area (Å²) in [6.07, 6.45) is 5.14. The van der Waals surface area contributed by atoms with Crippen LogP contribution in [0.15, 0.2) is 79.3 Å². The highest BCUT2D eigenvalue weighted by atomic mass is 35.5. The average molecular weight is 449 g/mol. The van der Waals surface area contributed by atoms with E-state index in [0.29, 0.717) is 22.9 Å². The van der Waals surface area contributed by atoms with Crippen molar-refractivity contribution in [3.05, 3.63) is 85.1 Å². The normalized spacial score (nSPS) is 10.7. The fraction of sp³-hybridized carbons (Fsp3) is 0.0435. The van der Waals surface area contributed by atoms with Crippen LogP contribution in [-0.4, -0.2) is 34.6 Å². The molecule has 3 heterocycles. The molecule has 5 aromatic rings. The fourth-order valence-corrected chi connectivity index (χ4v) is 3.52. The highest BCUT2D eigenvalue weighted by Crippen LogP contribution is 2.35. The van der Waals surface area contributed by atoms with Gasteiger partial charge in [-0.3, -0.25) is 4.98 Å². The van der Waals surface area contributed by atoms with Gasteiger partial charge < -0.3 is 9.67 Å². The summed E-state index contributed by atoms with van der Waals surface area (Å²) in [5.41, 5.74) is 4.30. The summed E-state index contributed by atoms with van der Waals surface area (Å²) < 4.78 is 16.9. The quantitative estimate of drug-likeness (QED) is 0.432. The summed E-state index contributed by atoms with van der Waals surface area (Å²) in [6.45, 7) is 0. The highest BCUT2D eigenvalue weighted by molar-refractivity contribution is 5.85. The summed E-state index contributed by atoms with van der Waals surface area (Å²) in [5, 5.41) is 18.5. The van der Waals surface area contributed by atoms with E-state index in [4.69, 9.17) is 4.98 Å². The van der Waals surface area contributed by atoms with Gasteiger partial charge in [0, 0.05) is 30.6 Å². The molecule has 5 rings (SSSR count). The maximum absolute atomic E-state index is 13.5. The number of hydrogen-bond acceptors (Lipinski definition) is 5. The summed E-state index contributed by atoms with van der Waals surface area (Å²) in [6, 6.07) is 16.9. The van der Waals surface area contributed by atoms with Crippen LogP contribution in [-0.2, 0) is 7.05 Å². The second-order valence-corrected chi connectivity index (χ2v) is 6.97. The van der Waals surface area contributed by atoms with Crippen molar-refractivity contribution in [2.45, 2.75) is 0 Å². The Bertz CT molecular complexity index is 1370. The Kier molecular flexibility index (Phi) is 5.70. The van der Waals surface area contributed by atoms with Crippen LogP contribution in [0.2, 0.25) is 0 Å². The van der Waals surface area contributed by atoms with E-state index >= 15 is 0 Å². The second-order valence-electron chi connectivity index (χ2n) is 6.97. The van der Waals surface area contributed by atoms with Crippen molar-refractivity contribution in [1.82, 2.24) is 29.5 Å². The standard InChI is InChI=1S/C23H17FN6O.ClH/c1-29-22(16-10-12-25-13-11-16)21(15-6-8-17(24)9-7-15)26-23(29)18-14-30(28-27-18)19-4-2-3-5-20(19)31;/h2-14,31H,1H3;1H. The molecular formula is C23H18ClFN6O. The molecule has 0 saturated carbocycles. The molecule has 0 bridgehead atoms. The molecule has 0 radical (unpaired) electrons. The monoisotopic (exact) mass is 448 g/mol. The molecular weight excluding hydrogens is 431 g/mol. The van der Waals surface area contributed by atoms with Crippen molar-refractivity contribution in [1.29, 1.82) is 0 Å². The fourth-order valence-electron chi connectivity index (χ4n) is 3.52. The third kappa shape index (κ3) is 3.72. The maximum atomic E-state index is 13.5. The molecule has 1 N–H and O–H groups in total. The topological polar surface area (TPSA) is 81.7 Å². The third-order valence-corrected chi connectivity index (χ3v) is 5.02. The van der Waals surface area contributed by atoms with Gasteiger partial charge in [0.2, 0.25) is 0 Å². The number of aromatic hydroxyl groups is 1. The molecule has 0 spiro atoms. The van der Waals surface area contributed by atoms with Crippen LogP contribution in [0, 0.1) is 5.82 Å². The van der Waals surface area contributed by atoms with Gasteiger partial charge in [0.15, 0.2) is 5.82 Å². The maximum Gasteiger partial charge on any atom is 0.163 e. The first kappa shape index (κ1) is 21.2. The zero-order valence-corrected chi connectivity index (χ0v) is 17.7. The lowest BCUT2D eigenvalue weighted by molar-refractivity contribution is 0.470. The molecule has 0 aliphatic heterocycles. The van der Waals surface area contributed by atoms with E-state index in [2.05, 4.69) is 15.3 Å². The summed E-state index contributed by atoms with van der Waals surface area (Å²) in [5.74, 6) is 0.382. The molecule has 0 saturated heterocycles. The van der Waals surface area contributed by atoms with Gasteiger partial charge in [0.05, 0.1) is 17.6 Å². The number of rotatable bonds is 4. The van der Waals surface area contributed by atoms with Crippen LogP contribution in [0.5, 0.6) is 5.75 Å². The van der Waals surface area contributed by atoms with Gasteiger partial charge >= 0.3 is 0 Å². The van der Waals surface area contributed by atoms with Crippen molar-refractivity contribution < 1.29 is 9.50 Å². The Labute approximate surface area is 189 Å². The Hall–Kier alpha value is -4.04. The number of hydrogen-bond donors (Lipinski definition) is 1. The number of benzene rings is 2. The third-order valence-electron chi connectivity index (χ3n) is 5.02. The number of imidazole rings is 1. The number of pyridine rings is 1. The van der Waals surface area contributed by atoms with E-state index in [-0.39, 0.29) is 24.0 Å². The summed E-state index contributed by atoms with van der Waals surface area (Å²) >= 11 is 0. The number of aromatic nitrogens is 6. The predicted molar refractivity (Wildman–Crippen MR) is 121 cm³/mol. The van der Waals surface area contributed by atoms with Crippen molar-refractivity contribution in [3.63, 3.8) is 0 Å². The first-order chi connectivity index (χ1) is 15.1. The average Bonchev–Trinajstić information content (AvgIpc) is 3.40. The molecule has 0 atom stereocenters. The van der Waals surface area contributed by atoms with Gasteiger partial charge in [-0.2, -0.15) is 0 Å². The van der Waals surface area contributed by atoms with Gasteiger partial charge in [-0.15, -0.1) is 17.5 Å². The predicted octanol–water partition coefficient (Wildman–Crippen LogP) is 4.66. The van der Waals surface area contributed by atoms with Crippen LogP contribution in [0.4, 0.5) is 4.39 Å². The van der Waals surface area contributed by atoms with Crippen LogP contribution >= 0.6 is 12.4 Å². The molecule has 0 aliphatic carbocycles. The Morgan fingerprint density at radius 2 is 1.62 bits per heavy atom. The van der Waals surface area contributed by atoms with Gasteiger partial charge in [-0.05, 0) is 48.5 Å². The highest BCUT2D eigenvalue weighted by Gasteiger charge is 2.21. The minimum Gasteiger partial charge on any atom is -0.506 e. The Morgan fingerprint density at radius 1 is 0.906 bits per heavy atom. The van der Waals surface area contributed by atoms with E-state index in [9.17, 15) is 9.50 Å².